The summed E-state index contributed by atoms with van der Waals surface area (Å²) in [6.07, 6.45) is 1.41. The SMILES string of the molecule is CC1(C)CCC(=O)N1CCNC(=O)CSCC(=O)O. The van der Waals surface area contributed by atoms with E-state index in [9.17, 15) is 14.4 Å². The van der Waals surface area contributed by atoms with Crippen LogP contribution in [-0.4, -0.2) is 57.9 Å². The lowest BCUT2D eigenvalue weighted by Crippen LogP contribution is -2.45. The van der Waals surface area contributed by atoms with Crippen LogP contribution in [0.25, 0.3) is 0 Å². The molecule has 0 saturated carbocycles. The van der Waals surface area contributed by atoms with Crippen LogP contribution in [-0.2, 0) is 14.4 Å². The quantitative estimate of drug-likeness (QED) is 0.704. The van der Waals surface area contributed by atoms with Gasteiger partial charge in [-0.3, -0.25) is 14.4 Å². The van der Waals surface area contributed by atoms with Crippen molar-refractivity contribution in [2.75, 3.05) is 24.6 Å². The smallest absolute Gasteiger partial charge is 0.313 e. The van der Waals surface area contributed by atoms with Crippen LogP contribution in [0.2, 0.25) is 0 Å². The normalized spacial score (nSPS) is 17.6. The van der Waals surface area contributed by atoms with Crippen LogP contribution in [0.4, 0.5) is 0 Å². The van der Waals surface area contributed by atoms with Crippen molar-refractivity contribution >= 4 is 29.5 Å². The lowest BCUT2D eigenvalue weighted by Gasteiger charge is -2.31. The summed E-state index contributed by atoms with van der Waals surface area (Å²) in [5.74, 6) is -0.952. The number of likely N-dealkylation sites (tertiary alicyclic amines) is 1. The molecule has 0 aromatic carbocycles. The van der Waals surface area contributed by atoms with E-state index < -0.39 is 5.97 Å². The fourth-order valence-electron chi connectivity index (χ4n) is 2.04. The van der Waals surface area contributed by atoms with Gasteiger partial charge >= 0.3 is 5.97 Å². The average Bonchev–Trinajstić information content (AvgIpc) is 2.55. The first kappa shape index (κ1) is 15.8. The van der Waals surface area contributed by atoms with Crippen LogP contribution in [0.3, 0.4) is 0 Å². The lowest BCUT2D eigenvalue weighted by molar-refractivity contribution is -0.134. The molecule has 0 spiro atoms. The topological polar surface area (TPSA) is 86.7 Å². The maximum Gasteiger partial charge on any atom is 0.313 e. The Balaban J connectivity index is 2.21. The van der Waals surface area contributed by atoms with Crippen LogP contribution >= 0.6 is 11.8 Å². The number of carbonyl (C=O) groups excluding carboxylic acids is 2. The van der Waals surface area contributed by atoms with Crippen molar-refractivity contribution in [2.24, 2.45) is 0 Å². The molecular formula is C12H20N2O4S. The summed E-state index contributed by atoms with van der Waals surface area (Å²) < 4.78 is 0. The Hall–Kier alpha value is -1.24. The van der Waals surface area contributed by atoms with E-state index in [1.807, 2.05) is 13.8 Å². The van der Waals surface area contributed by atoms with Gasteiger partial charge in [-0.1, -0.05) is 0 Å². The molecule has 1 rings (SSSR count). The molecule has 108 valence electrons. The summed E-state index contributed by atoms with van der Waals surface area (Å²) in [4.78, 5) is 35.1. The van der Waals surface area contributed by atoms with Crippen LogP contribution in [0.15, 0.2) is 0 Å². The molecule has 1 aliphatic heterocycles. The Morgan fingerprint density at radius 2 is 2.11 bits per heavy atom. The molecule has 1 heterocycles. The second-order valence-electron chi connectivity index (χ2n) is 5.09. The van der Waals surface area contributed by atoms with Gasteiger partial charge in [0.2, 0.25) is 11.8 Å². The number of thioether (sulfide) groups is 1. The number of rotatable bonds is 7. The number of hydrogen-bond acceptors (Lipinski definition) is 4. The Morgan fingerprint density at radius 1 is 1.42 bits per heavy atom. The highest BCUT2D eigenvalue weighted by atomic mass is 32.2. The summed E-state index contributed by atoms with van der Waals surface area (Å²) in [6, 6.07) is 0. The largest absolute Gasteiger partial charge is 0.481 e. The number of carboxylic acids is 1. The third-order valence-corrected chi connectivity index (χ3v) is 4.02. The number of nitrogens with zero attached hydrogens (tertiary/aromatic N) is 1. The van der Waals surface area contributed by atoms with Crippen LogP contribution in [0, 0.1) is 0 Å². The highest BCUT2D eigenvalue weighted by Gasteiger charge is 2.36. The van der Waals surface area contributed by atoms with Crippen molar-refractivity contribution in [1.29, 1.82) is 0 Å². The van der Waals surface area contributed by atoms with E-state index in [4.69, 9.17) is 5.11 Å². The van der Waals surface area contributed by atoms with Crippen LogP contribution < -0.4 is 5.32 Å². The van der Waals surface area contributed by atoms with Crippen molar-refractivity contribution in [3.05, 3.63) is 0 Å². The molecule has 7 heteroatoms. The zero-order valence-corrected chi connectivity index (χ0v) is 12.1. The first-order valence-electron chi connectivity index (χ1n) is 6.19. The van der Waals surface area contributed by atoms with E-state index in [-0.39, 0.29) is 28.9 Å². The van der Waals surface area contributed by atoms with E-state index in [1.165, 1.54) is 0 Å². The number of carbonyl (C=O) groups is 3. The third-order valence-electron chi connectivity index (χ3n) is 3.10. The number of carboxylic acid groups (broad SMARTS) is 1. The minimum atomic E-state index is -0.929. The van der Waals surface area contributed by atoms with Crippen molar-refractivity contribution < 1.29 is 19.5 Å². The molecule has 0 aromatic rings. The average molecular weight is 288 g/mol. The summed E-state index contributed by atoms with van der Waals surface area (Å²) in [7, 11) is 0. The van der Waals surface area contributed by atoms with E-state index in [0.29, 0.717) is 19.5 Å². The predicted molar refractivity (Wildman–Crippen MR) is 73.0 cm³/mol. The van der Waals surface area contributed by atoms with Crippen LogP contribution in [0.5, 0.6) is 0 Å². The Morgan fingerprint density at radius 3 is 2.63 bits per heavy atom. The molecule has 0 unspecified atom stereocenters. The van der Waals surface area contributed by atoms with Crippen LogP contribution in [0.1, 0.15) is 26.7 Å². The fraction of sp³-hybridized carbons (Fsp3) is 0.750. The molecule has 1 fully saturated rings. The van der Waals surface area contributed by atoms with E-state index in [1.54, 1.807) is 4.90 Å². The Bertz CT molecular complexity index is 371. The number of aliphatic carboxylic acids is 1. The molecule has 2 amide bonds. The van der Waals surface area contributed by atoms with E-state index in [0.717, 1.165) is 18.2 Å². The molecule has 0 atom stereocenters. The first-order valence-corrected chi connectivity index (χ1v) is 7.35. The van der Waals surface area contributed by atoms with Gasteiger partial charge in [0.15, 0.2) is 0 Å². The van der Waals surface area contributed by atoms with Gasteiger partial charge in [-0.15, -0.1) is 11.8 Å². The minimum Gasteiger partial charge on any atom is -0.481 e. The maximum absolute atomic E-state index is 11.7. The number of amides is 2. The molecular weight excluding hydrogens is 268 g/mol. The Labute approximate surface area is 116 Å². The molecule has 1 aliphatic rings. The maximum atomic E-state index is 11.7. The molecule has 6 nitrogen and oxygen atoms in total. The molecule has 19 heavy (non-hydrogen) atoms. The molecule has 1 saturated heterocycles. The third kappa shape index (κ3) is 5.10. The molecule has 0 radical (unpaired) electrons. The number of hydrogen-bond donors (Lipinski definition) is 2. The van der Waals surface area contributed by atoms with Gasteiger partial charge in [0.05, 0.1) is 11.5 Å². The highest BCUT2D eigenvalue weighted by molar-refractivity contribution is 8.00. The monoisotopic (exact) mass is 288 g/mol. The zero-order valence-electron chi connectivity index (χ0n) is 11.3. The Kier molecular flexibility index (Phi) is 5.65. The van der Waals surface area contributed by atoms with Gasteiger partial charge in [0.25, 0.3) is 0 Å². The summed E-state index contributed by atoms with van der Waals surface area (Å²) in [6.45, 7) is 4.94. The van der Waals surface area contributed by atoms with E-state index in [2.05, 4.69) is 5.32 Å². The number of nitrogens with one attached hydrogen (secondary N) is 1. The van der Waals surface area contributed by atoms with Gasteiger partial charge in [-0.2, -0.15) is 0 Å². The van der Waals surface area contributed by atoms with Gasteiger partial charge in [0.1, 0.15) is 0 Å². The van der Waals surface area contributed by atoms with Gasteiger partial charge < -0.3 is 15.3 Å². The van der Waals surface area contributed by atoms with Gasteiger partial charge in [0, 0.05) is 25.0 Å². The van der Waals surface area contributed by atoms with Crippen molar-refractivity contribution in [3.63, 3.8) is 0 Å². The first-order chi connectivity index (χ1) is 8.83. The second kappa shape index (κ2) is 6.79. The standard InChI is InChI=1S/C12H20N2O4S/c1-12(2)4-3-10(16)14(12)6-5-13-9(15)7-19-8-11(17)18/h3-8H2,1-2H3,(H,13,15)(H,17,18). The summed E-state index contributed by atoms with van der Waals surface area (Å²) in [5, 5.41) is 11.1. The lowest BCUT2D eigenvalue weighted by atomic mass is 10.0. The van der Waals surface area contributed by atoms with Crippen molar-refractivity contribution in [1.82, 2.24) is 10.2 Å². The van der Waals surface area contributed by atoms with Crippen molar-refractivity contribution in [2.45, 2.75) is 32.2 Å². The molecule has 0 aromatic heterocycles. The molecule has 2 N–H and O–H groups in total. The molecule has 0 aliphatic carbocycles. The predicted octanol–water partition coefficient (Wildman–Crippen LogP) is 0.321. The second-order valence-corrected chi connectivity index (χ2v) is 6.08. The molecule has 0 bridgehead atoms. The van der Waals surface area contributed by atoms with Gasteiger partial charge in [-0.25, -0.2) is 0 Å². The van der Waals surface area contributed by atoms with Crippen molar-refractivity contribution in [3.8, 4) is 0 Å². The zero-order chi connectivity index (χ0) is 14.5. The highest BCUT2D eigenvalue weighted by Crippen LogP contribution is 2.28. The van der Waals surface area contributed by atoms with E-state index >= 15 is 0 Å². The van der Waals surface area contributed by atoms with Gasteiger partial charge in [-0.05, 0) is 20.3 Å². The summed E-state index contributed by atoms with van der Waals surface area (Å²) >= 11 is 1.06. The summed E-state index contributed by atoms with van der Waals surface area (Å²) in [5.41, 5.74) is -0.139. The fourth-order valence-corrected chi connectivity index (χ4v) is 2.60. The minimum absolute atomic E-state index is 0.0783.